The number of nitrogens with two attached hydrogens (primary N) is 1. The molecule has 0 saturated heterocycles. The van der Waals surface area contributed by atoms with Crippen LogP contribution in [0.5, 0.6) is 0 Å². The van der Waals surface area contributed by atoms with Gasteiger partial charge < -0.3 is 15.8 Å². The molecule has 0 aromatic heterocycles. The first-order chi connectivity index (χ1) is 9.15. The molecule has 1 saturated carbocycles. The molecule has 1 aromatic carbocycles. The van der Waals surface area contributed by atoms with Gasteiger partial charge in [0.25, 0.3) is 0 Å². The normalized spacial score (nSPS) is 17.4. The fourth-order valence-corrected chi connectivity index (χ4v) is 2.21. The number of nitrogens with one attached hydrogen (secondary N) is 1. The second-order valence-corrected chi connectivity index (χ2v) is 5.19. The Balaban J connectivity index is 1.82. The van der Waals surface area contributed by atoms with Crippen LogP contribution in [0.25, 0.3) is 0 Å². The van der Waals surface area contributed by atoms with Crippen molar-refractivity contribution in [3.63, 3.8) is 0 Å². The van der Waals surface area contributed by atoms with Gasteiger partial charge in [-0.15, -0.1) is 0 Å². The Hall–Kier alpha value is -1.39. The predicted octanol–water partition coefficient (Wildman–Crippen LogP) is 2.43. The van der Waals surface area contributed by atoms with E-state index >= 15 is 0 Å². The number of carbonyl (C=O) groups is 1. The molecule has 2 rings (SSSR count). The van der Waals surface area contributed by atoms with Crippen LogP contribution < -0.4 is 11.1 Å². The quantitative estimate of drug-likeness (QED) is 0.856. The highest BCUT2D eigenvalue weighted by Crippen LogP contribution is 2.22. The molecule has 104 valence electrons. The Bertz CT molecular complexity index is 409. The summed E-state index contributed by atoms with van der Waals surface area (Å²) in [7, 11) is 0. The van der Waals surface area contributed by atoms with Crippen LogP contribution >= 0.6 is 0 Å². The number of amides is 1. The minimum absolute atomic E-state index is 0.171. The van der Waals surface area contributed by atoms with Crippen LogP contribution in [0.1, 0.15) is 38.2 Å². The molecule has 0 spiro atoms. The van der Waals surface area contributed by atoms with E-state index in [1.165, 1.54) is 25.7 Å². The third kappa shape index (κ3) is 4.33. The summed E-state index contributed by atoms with van der Waals surface area (Å²) in [6.45, 7) is 2.31. The Morgan fingerprint density at radius 3 is 2.58 bits per heavy atom. The van der Waals surface area contributed by atoms with E-state index in [2.05, 4.69) is 5.32 Å². The van der Waals surface area contributed by atoms with Crippen LogP contribution in [0.2, 0.25) is 0 Å². The maximum atomic E-state index is 11.4. The fraction of sp³-hybridized carbons (Fsp3) is 0.533. The van der Waals surface area contributed by atoms with Crippen LogP contribution in [-0.2, 0) is 16.1 Å². The molecule has 3 N–H and O–H groups in total. The number of benzene rings is 1. The standard InChI is InChI=1S/C15H22N2O2/c1-11(16)15(18)17-13-8-6-12(7-9-13)10-19-14-4-2-3-5-14/h6-9,11,14H,2-5,10,16H2,1H3,(H,17,18)/t11-/m0/s1. The van der Waals surface area contributed by atoms with Crippen molar-refractivity contribution in [3.8, 4) is 0 Å². The molecule has 1 aliphatic rings. The second-order valence-electron chi connectivity index (χ2n) is 5.19. The first kappa shape index (κ1) is 14.0. The van der Waals surface area contributed by atoms with Crippen molar-refractivity contribution in [3.05, 3.63) is 29.8 Å². The van der Waals surface area contributed by atoms with Gasteiger partial charge >= 0.3 is 0 Å². The molecule has 1 aliphatic carbocycles. The molecule has 4 heteroatoms. The summed E-state index contributed by atoms with van der Waals surface area (Å²) in [5.74, 6) is -0.171. The summed E-state index contributed by atoms with van der Waals surface area (Å²) < 4.78 is 5.84. The zero-order chi connectivity index (χ0) is 13.7. The van der Waals surface area contributed by atoms with E-state index in [9.17, 15) is 4.79 Å². The van der Waals surface area contributed by atoms with Crippen molar-refractivity contribution in [2.24, 2.45) is 5.73 Å². The third-order valence-corrected chi connectivity index (χ3v) is 3.42. The van der Waals surface area contributed by atoms with E-state index in [4.69, 9.17) is 10.5 Å². The Kier molecular flexibility index (Phi) is 4.93. The monoisotopic (exact) mass is 262 g/mol. The lowest BCUT2D eigenvalue weighted by molar-refractivity contribution is -0.117. The smallest absolute Gasteiger partial charge is 0.240 e. The van der Waals surface area contributed by atoms with Gasteiger partial charge in [-0.05, 0) is 37.5 Å². The van der Waals surface area contributed by atoms with Crippen molar-refractivity contribution >= 4 is 11.6 Å². The van der Waals surface area contributed by atoms with Crippen LogP contribution in [0.15, 0.2) is 24.3 Å². The Labute approximate surface area is 114 Å². The molecule has 0 radical (unpaired) electrons. The topological polar surface area (TPSA) is 64.4 Å². The molecule has 1 fully saturated rings. The molecule has 1 amide bonds. The lowest BCUT2D eigenvalue weighted by Crippen LogP contribution is -2.32. The lowest BCUT2D eigenvalue weighted by atomic mass is 10.2. The molecule has 0 heterocycles. The van der Waals surface area contributed by atoms with E-state index in [1.807, 2.05) is 24.3 Å². The molecule has 0 aliphatic heterocycles. The summed E-state index contributed by atoms with van der Waals surface area (Å²) >= 11 is 0. The Morgan fingerprint density at radius 1 is 1.37 bits per heavy atom. The van der Waals surface area contributed by atoms with Crippen molar-refractivity contribution in [2.45, 2.75) is 51.4 Å². The zero-order valence-electron chi connectivity index (χ0n) is 11.4. The fourth-order valence-electron chi connectivity index (χ4n) is 2.21. The number of anilines is 1. The second kappa shape index (κ2) is 6.68. The average molecular weight is 262 g/mol. The first-order valence-corrected chi connectivity index (χ1v) is 6.92. The maximum absolute atomic E-state index is 11.4. The van der Waals surface area contributed by atoms with Crippen LogP contribution in [-0.4, -0.2) is 18.1 Å². The van der Waals surface area contributed by atoms with E-state index in [1.54, 1.807) is 6.92 Å². The van der Waals surface area contributed by atoms with Gasteiger partial charge in [0, 0.05) is 5.69 Å². The highest BCUT2D eigenvalue weighted by Gasteiger charge is 2.15. The van der Waals surface area contributed by atoms with Crippen LogP contribution in [0.3, 0.4) is 0 Å². The maximum Gasteiger partial charge on any atom is 0.240 e. The summed E-state index contributed by atoms with van der Waals surface area (Å²) in [5.41, 5.74) is 7.40. The number of ether oxygens (including phenoxy) is 1. The van der Waals surface area contributed by atoms with Gasteiger partial charge in [0.1, 0.15) is 0 Å². The Morgan fingerprint density at radius 2 is 2.00 bits per heavy atom. The largest absolute Gasteiger partial charge is 0.374 e. The van der Waals surface area contributed by atoms with Gasteiger partial charge in [0.2, 0.25) is 5.91 Å². The van der Waals surface area contributed by atoms with E-state index in [0.29, 0.717) is 12.7 Å². The third-order valence-electron chi connectivity index (χ3n) is 3.42. The highest BCUT2D eigenvalue weighted by molar-refractivity contribution is 5.94. The predicted molar refractivity (Wildman–Crippen MR) is 75.8 cm³/mol. The molecule has 1 atom stereocenters. The number of hydrogen-bond donors (Lipinski definition) is 2. The summed E-state index contributed by atoms with van der Waals surface area (Å²) in [6, 6.07) is 7.23. The molecule has 0 bridgehead atoms. The molecule has 1 aromatic rings. The van der Waals surface area contributed by atoms with Crippen molar-refractivity contribution in [1.29, 1.82) is 0 Å². The van der Waals surface area contributed by atoms with E-state index < -0.39 is 6.04 Å². The molecule has 19 heavy (non-hydrogen) atoms. The zero-order valence-corrected chi connectivity index (χ0v) is 11.4. The van der Waals surface area contributed by atoms with Gasteiger partial charge in [-0.1, -0.05) is 25.0 Å². The highest BCUT2D eigenvalue weighted by atomic mass is 16.5. The average Bonchev–Trinajstić information content (AvgIpc) is 2.91. The molecular weight excluding hydrogens is 240 g/mol. The SMILES string of the molecule is C[C@H](N)C(=O)Nc1ccc(COC2CCCC2)cc1. The van der Waals surface area contributed by atoms with E-state index in [0.717, 1.165) is 11.3 Å². The van der Waals surface area contributed by atoms with Crippen molar-refractivity contribution < 1.29 is 9.53 Å². The lowest BCUT2D eigenvalue weighted by Gasteiger charge is -2.12. The summed E-state index contributed by atoms with van der Waals surface area (Å²) in [5, 5.41) is 2.76. The minimum atomic E-state index is -0.495. The molecule has 4 nitrogen and oxygen atoms in total. The van der Waals surface area contributed by atoms with Gasteiger partial charge in [0.15, 0.2) is 0 Å². The summed E-state index contributed by atoms with van der Waals surface area (Å²) in [6.07, 6.45) is 5.36. The van der Waals surface area contributed by atoms with Gasteiger partial charge in [0.05, 0.1) is 18.8 Å². The van der Waals surface area contributed by atoms with Crippen molar-refractivity contribution in [2.75, 3.05) is 5.32 Å². The summed E-state index contributed by atoms with van der Waals surface area (Å²) in [4.78, 5) is 11.4. The number of hydrogen-bond acceptors (Lipinski definition) is 3. The van der Waals surface area contributed by atoms with Crippen LogP contribution in [0, 0.1) is 0 Å². The van der Waals surface area contributed by atoms with Gasteiger partial charge in [-0.25, -0.2) is 0 Å². The number of rotatable bonds is 5. The molecular formula is C15H22N2O2. The van der Waals surface area contributed by atoms with Crippen LogP contribution in [0.4, 0.5) is 5.69 Å². The first-order valence-electron chi connectivity index (χ1n) is 6.92. The van der Waals surface area contributed by atoms with Gasteiger partial charge in [-0.2, -0.15) is 0 Å². The van der Waals surface area contributed by atoms with Gasteiger partial charge in [-0.3, -0.25) is 4.79 Å². The minimum Gasteiger partial charge on any atom is -0.374 e. The number of carbonyl (C=O) groups excluding carboxylic acids is 1. The van der Waals surface area contributed by atoms with E-state index in [-0.39, 0.29) is 5.91 Å². The van der Waals surface area contributed by atoms with Crippen molar-refractivity contribution in [1.82, 2.24) is 0 Å². The molecule has 0 unspecified atom stereocenters.